The van der Waals surface area contributed by atoms with Gasteiger partial charge in [0.1, 0.15) is 0 Å². The Morgan fingerprint density at radius 1 is 1.37 bits per heavy atom. The van der Waals surface area contributed by atoms with Crippen LogP contribution >= 0.6 is 0 Å². The van der Waals surface area contributed by atoms with Crippen LogP contribution in [0.25, 0.3) is 0 Å². The van der Waals surface area contributed by atoms with Gasteiger partial charge in [0.25, 0.3) is 0 Å². The zero-order valence-corrected chi connectivity index (χ0v) is 11.0. The maximum Gasteiger partial charge on any atom is 0.224 e. The van der Waals surface area contributed by atoms with Crippen LogP contribution in [0.3, 0.4) is 0 Å². The van der Waals surface area contributed by atoms with Crippen molar-refractivity contribution in [3.63, 3.8) is 0 Å². The van der Waals surface area contributed by atoms with Gasteiger partial charge in [-0.3, -0.25) is 4.79 Å². The summed E-state index contributed by atoms with van der Waals surface area (Å²) >= 11 is 0. The summed E-state index contributed by atoms with van der Waals surface area (Å²) in [6.07, 6.45) is 3.61. The first kappa shape index (κ1) is 12.6. The van der Waals surface area contributed by atoms with Gasteiger partial charge in [0.05, 0.1) is 6.61 Å². The van der Waals surface area contributed by atoms with Crippen molar-refractivity contribution >= 4 is 11.6 Å². The van der Waals surface area contributed by atoms with Gasteiger partial charge in [-0.15, -0.1) is 0 Å². The molecule has 1 aromatic rings. The number of nitrogens with two attached hydrogens (primary N) is 1. The van der Waals surface area contributed by atoms with Crippen LogP contribution in [0.1, 0.15) is 36.4 Å². The van der Waals surface area contributed by atoms with Gasteiger partial charge in [-0.2, -0.15) is 0 Å². The monoisotopic (exact) mass is 260 g/mol. The second-order valence-corrected chi connectivity index (χ2v) is 5.47. The molecule has 0 bridgehead atoms. The third kappa shape index (κ3) is 2.65. The zero-order valence-electron chi connectivity index (χ0n) is 11.0. The predicted molar refractivity (Wildman–Crippen MR) is 73.9 cm³/mol. The molecule has 3 rings (SSSR count). The molecule has 2 atom stereocenters. The summed E-state index contributed by atoms with van der Waals surface area (Å²) in [6.45, 7) is 1.62. The summed E-state index contributed by atoms with van der Waals surface area (Å²) in [7, 11) is 0. The predicted octanol–water partition coefficient (Wildman–Crippen LogP) is 2.00. The van der Waals surface area contributed by atoms with E-state index in [4.69, 9.17) is 10.5 Å². The van der Waals surface area contributed by atoms with Gasteiger partial charge < -0.3 is 15.8 Å². The number of aryl methyl sites for hydroxylation is 1. The normalized spacial score (nSPS) is 24.5. The van der Waals surface area contributed by atoms with Crippen molar-refractivity contribution in [1.82, 2.24) is 0 Å². The number of amides is 1. The van der Waals surface area contributed by atoms with E-state index in [1.807, 2.05) is 12.1 Å². The van der Waals surface area contributed by atoms with Gasteiger partial charge in [-0.1, -0.05) is 12.1 Å². The molecule has 1 fully saturated rings. The number of fused-ring (bicyclic) bond motifs is 1. The molecule has 4 heteroatoms. The van der Waals surface area contributed by atoms with E-state index < -0.39 is 0 Å². The second kappa shape index (κ2) is 5.31. The Morgan fingerprint density at radius 2 is 2.26 bits per heavy atom. The molecule has 3 N–H and O–H groups in total. The Labute approximate surface area is 113 Å². The highest BCUT2D eigenvalue weighted by Crippen LogP contribution is 2.30. The van der Waals surface area contributed by atoms with Crippen LogP contribution in [0.15, 0.2) is 18.2 Å². The topological polar surface area (TPSA) is 64.4 Å². The van der Waals surface area contributed by atoms with Gasteiger partial charge in [0.15, 0.2) is 0 Å². The molecule has 0 aliphatic carbocycles. The summed E-state index contributed by atoms with van der Waals surface area (Å²) in [6, 6.07) is 6.19. The smallest absolute Gasteiger partial charge is 0.224 e. The molecule has 0 spiro atoms. The SMILES string of the molecule is NC(c1ccc2c(c1)CCC(=O)N2)C1CCCOC1. The average Bonchev–Trinajstić information content (AvgIpc) is 2.47. The standard InChI is InChI=1S/C15H20N2O2/c16-15(12-2-1-7-19-9-12)11-3-5-13-10(8-11)4-6-14(18)17-13/h3,5,8,12,15H,1-2,4,6-7,9,16H2,(H,17,18). The van der Waals surface area contributed by atoms with E-state index in [1.165, 1.54) is 5.56 Å². The molecule has 2 unspecified atom stereocenters. The van der Waals surface area contributed by atoms with Crippen molar-refractivity contribution in [2.24, 2.45) is 11.7 Å². The van der Waals surface area contributed by atoms with E-state index in [0.717, 1.165) is 43.7 Å². The Hall–Kier alpha value is -1.39. The number of rotatable bonds is 2. The number of anilines is 1. The van der Waals surface area contributed by atoms with E-state index in [2.05, 4.69) is 11.4 Å². The quantitative estimate of drug-likeness (QED) is 0.854. The maximum atomic E-state index is 11.3. The number of carbonyl (C=O) groups excluding carboxylic acids is 1. The molecular formula is C15H20N2O2. The molecule has 1 amide bonds. The first-order valence-electron chi connectivity index (χ1n) is 7.00. The van der Waals surface area contributed by atoms with Crippen molar-refractivity contribution in [3.05, 3.63) is 29.3 Å². The molecular weight excluding hydrogens is 240 g/mol. The van der Waals surface area contributed by atoms with Crippen LogP contribution < -0.4 is 11.1 Å². The largest absolute Gasteiger partial charge is 0.381 e. The molecule has 0 saturated carbocycles. The van der Waals surface area contributed by atoms with Crippen molar-refractivity contribution in [2.45, 2.75) is 31.7 Å². The minimum atomic E-state index is 0.0308. The first-order chi connectivity index (χ1) is 9.24. The molecule has 0 radical (unpaired) electrons. The minimum Gasteiger partial charge on any atom is -0.381 e. The van der Waals surface area contributed by atoms with E-state index in [0.29, 0.717) is 12.3 Å². The molecule has 19 heavy (non-hydrogen) atoms. The highest BCUT2D eigenvalue weighted by molar-refractivity contribution is 5.93. The molecule has 0 aromatic heterocycles. The Kier molecular flexibility index (Phi) is 3.53. The maximum absolute atomic E-state index is 11.3. The molecule has 2 aliphatic rings. The van der Waals surface area contributed by atoms with E-state index >= 15 is 0 Å². The lowest BCUT2D eigenvalue weighted by Crippen LogP contribution is -2.29. The third-order valence-corrected chi connectivity index (χ3v) is 4.11. The molecule has 1 aromatic carbocycles. The summed E-state index contributed by atoms with van der Waals surface area (Å²) < 4.78 is 5.51. The van der Waals surface area contributed by atoms with Crippen LogP contribution in [0, 0.1) is 5.92 Å². The van der Waals surface area contributed by atoms with Crippen LogP contribution in [0.5, 0.6) is 0 Å². The highest BCUT2D eigenvalue weighted by atomic mass is 16.5. The number of carbonyl (C=O) groups is 1. The number of benzene rings is 1. The lowest BCUT2D eigenvalue weighted by molar-refractivity contribution is -0.116. The average molecular weight is 260 g/mol. The molecule has 102 valence electrons. The van der Waals surface area contributed by atoms with Crippen LogP contribution in [-0.4, -0.2) is 19.1 Å². The number of hydrogen-bond donors (Lipinski definition) is 2. The van der Waals surface area contributed by atoms with Crippen molar-refractivity contribution in [3.8, 4) is 0 Å². The van der Waals surface area contributed by atoms with Gasteiger partial charge >= 0.3 is 0 Å². The van der Waals surface area contributed by atoms with Crippen molar-refractivity contribution in [1.29, 1.82) is 0 Å². The Balaban J connectivity index is 1.79. The minimum absolute atomic E-state index is 0.0308. The Bertz CT molecular complexity index is 481. The third-order valence-electron chi connectivity index (χ3n) is 4.11. The molecule has 2 aliphatic heterocycles. The first-order valence-corrected chi connectivity index (χ1v) is 7.00. The Morgan fingerprint density at radius 3 is 3.05 bits per heavy atom. The van der Waals surface area contributed by atoms with Crippen molar-refractivity contribution in [2.75, 3.05) is 18.5 Å². The van der Waals surface area contributed by atoms with Gasteiger partial charge in [-0.25, -0.2) is 0 Å². The van der Waals surface area contributed by atoms with Gasteiger partial charge in [0.2, 0.25) is 5.91 Å². The molecule has 4 nitrogen and oxygen atoms in total. The van der Waals surface area contributed by atoms with Crippen molar-refractivity contribution < 1.29 is 9.53 Å². The summed E-state index contributed by atoms with van der Waals surface area (Å²) in [4.78, 5) is 11.3. The summed E-state index contributed by atoms with van der Waals surface area (Å²) in [5.74, 6) is 0.509. The van der Waals surface area contributed by atoms with Crippen LogP contribution in [0.2, 0.25) is 0 Å². The van der Waals surface area contributed by atoms with Crippen LogP contribution in [0.4, 0.5) is 5.69 Å². The van der Waals surface area contributed by atoms with E-state index in [9.17, 15) is 4.79 Å². The van der Waals surface area contributed by atoms with Crippen LogP contribution in [-0.2, 0) is 16.0 Å². The molecule has 1 saturated heterocycles. The fraction of sp³-hybridized carbons (Fsp3) is 0.533. The second-order valence-electron chi connectivity index (χ2n) is 5.47. The van der Waals surface area contributed by atoms with E-state index in [1.54, 1.807) is 0 Å². The zero-order chi connectivity index (χ0) is 13.2. The lowest BCUT2D eigenvalue weighted by atomic mass is 9.87. The summed E-state index contributed by atoms with van der Waals surface area (Å²) in [5.41, 5.74) is 9.66. The lowest BCUT2D eigenvalue weighted by Gasteiger charge is -2.28. The fourth-order valence-electron chi connectivity index (χ4n) is 2.93. The molecule has 2 heterocycles. The fourth-order valence-corrected chi connectivity index (χ4v) is 2.93. The van der Waals surface area contributed by atoms with Gasteiger partial charge in [-0.05, 0) is 36.5 Å². The highest BCUT2D eigenvalue weighted by Gasteiger charge is 2.24. The number of hydrogen-bond acceptors (Lipinski definition) is 3. The van der Waals surface area contributed by atoms with Gasteiger partial charge in [0, 0.05) is 30.7 Å². The van der Waals surface area contributed by atoms with E-state index in [-0.39, 0.29) is 11.9 Å². The summed E-state index contributed by atoms with van der Waals surface area (Å²) in [5, 5.41) is 2.90. The number of nitrogens with one attached hydrogen (secondary N) is 1. The number of ether oxygens (including phenoxy) is 1.